The zero-order valence-electron chi connectivity index (χ0n) is 11.8. The summed E-state index contributed by atoms with van der Waals surface area (Å²) in [5.74, 6) is 7.42. The van der Waals surface area contributed by atoms with Crippen molar-refractivity contribution >= 4 is 33.3 Å². The number of nitrogens with zero attached hydrogens (tertiary/aromatic N) is 5. The van der Waals surface area contributed by atoms with Crippen LogP contribution in [-0.4, -0.2) is 24.8 Å². The zero-order chi connectivity index (χ0) is 14.6. The van der Waals surface area contributed by atoms with Gasteiger partial charge in [0.25, 0.3) is 0 Å². The summed E-state index contributed by atoms with van der Waals surface area (Å²) in [5, 5.41) is 10.9. The molecule has 0 aromatic carbocycles. The fraction of sp³-hybridized carbons (Fsp3) is 0.385. The highest BCUT2D eigenvalue weighted by Crippen LogP contribution is 2.41. The van der Waals surface area contributed by atoms with Gasteiger partial charge in [-0.1, -0.05) is 0 Å². The Kier molecular flexibility index (Phi) is 2.90. The summed E-state index contributed by atoms with van der Waals surface area (Å²) in [6.45, 7) is 3.76. The van der Waals surface area contributed by atoms with Gasteiger partial charge >= 0.3 is 0 Å². The monoisotopic (exact) mass is 318 g/mol. The molecule has 3 aromatic heterocycles. The summed E-state index contributed by atoms with van der Waals surface area (Å²) in [6.07, 6.45) is 3.50. The first kappa shape index (κ1) is 13.0. The maximum absolute atomic E-state index is 5.95. The minimum absolute atomic E-state index is 0.657. The Morgan fingerprint density at radius 3 is 2.81 bits per heavy atom. The number of hydrogen-bond donors (Lipinski definition) is 1. The van der Waals surface area contributed by atoms with Crippen LogP contribution in [0.5, 0.6) is 0 Å². The van der Waals surface area contributed by atoms with Crippen molar-refractivity contribution in [1.82, 2.24) is 24.8 Å². The van der Waals surface area contributed by atoms with Crippen LogP contribution in [0.25, 0.3) is 10.2 Å². The van der Waals surface area contributed by atoms with E-state index in [1.165, 1.54) is 38.7 Å². The summed E-state index contributed by atoms with van der Waals surface area (Å²) >= 11 is 3.27. The average molecular weight is 318 g/mol. The van der Waals surface area contributed by atoms with Gasteiger partial charge in [0.2, 0.25) is 5.16 Å². The summed E-state index contributed by atoms with van der Waals surface area (Å²) in [5.41, 5.74) is 1.41. The predicted octanol–water partition coefficient (Wildman–Crippen LogP) is 2.25. The number of aromatic nitrogens is 5. The van der Waals surface area contributed by atoms with Crippen molar-refractivity contribution in [2.75, 3.05) is 5.84 Å². The Balaban J connectivity index is 1.89. The fourth-order valence-corrected chi connectivity index (χ4v) is 5.00. The quantitative estimate of drug-likeness (QED) is 0.576. The average Bonchev–Trinajstić information content (AvgIpc) is 3.08. The molecule has 0 radical (unpaired) electrons. The van der Waals surface area contributed by atoms with Crippen molar-refractivity contribution in [2.45, 2.75) is 43.3 Å². The fourth-order valence-electron chi connectivity index (χ4n) is 2.64. The summed E-state index contributed by atoms with van der Waals surface area (Å²) in [6, 6.07) is 0. The third kappa shape index (κ3) is 2.01. The van der Waals surface area contributed by atoms with Gasteiger partial charge in [-0.25, -0.2) is 14.6 Å². The van der Waals surface area contributed by atoms with E-state index < -0.39 is 0 Å². The lowest BCUT2D eigenvalue weighted by Gasteiger charge is -2.05. The topological polar surface area (TPSA) is 82.5 Å². The molecule has 0 spiro atoms. The second-order valence-electron chi connectivity index (χ2n) is 5.12. The van der Waals surface area contributed by atoms with E-state index in [4.69, 9.17) is 5.84 Å². The van der Waals surface area contributed by atoms with Crippen molar-refractivity contribution in [1.29, 1.82) is 0 Å². The molecule has 0 aliphatic heterocycles. The third-order valence-electron chi connectivity index (χ3n) is 3.67. The van der Waals surface area contributed by atoms with Crippen molar-refractivity contribution in [3.05, 3.63) is 22.1 Å². The maximum atomic E-state index is 5.95. The van der Waals surface area contributed by atoms with Gasteiger partial charge in [-0.15, -0.1) is 21.5 Å². The zero-order valence-corrected chi connectivity index (χ0v) is 13.4. The second kappa shape index (κ2) is 4.67. The molecule has 3 aromatic rings. The lowest BCUT2D eigenvalue weighted by atomic mass is 10.2. The van der Waals surface area contributed by atoms with Crippen LogP contribution >= 0.6 is 23.1 Å². The van der Waals surface area contributed by atoms with Crippen LogP contribution in [-0.2, 0) is 12.8 Å². The molecular formula is C13H14N6S2. The predicted molar refractivity (Wildman–Crippen MR) is 83.2 cm³/mol. The highest BCUT2D eigenvalue weighted by molar-refractivity contribution is 7.99. The normalized spacial score (nSPS) is 14.0. The van der Waals surface area contributed by atoms with E-state index in [0.717, 1.165) is 28.5 Å². The number of nitrogen functional groups attached to an aromatic ring is 1. The molecule has 1 aliphatic rings. The lowest BCUT2D eigenvalue weighted by molar-refractivity contribution is 0.823. The first-order chi connectivity index (χ1) is 10.1. The van der Waals surface area contributed by atoms with Crippen LogP contribution in [0.4, 0.5) is 0 Å². The number of nitrogens with two attached hydrogens (primary N) is 1. The molecule has 108 valence electrons. The second-order valence-corrected chi connectivity index (χ2v) is 7.15. The van der Waals surface area contributed by atoms with Crippen molar-refractivity contribution < 1.29 is 0 Å². The van der Waals surface area contributed by atoms with Crippen LogP contribution in [0.1, 0.15) is 28.5 Å². The van der Waals surface area contributed by atoms with Crippen LogP contribution in [0, 0.1) is 13.8 Å². The number of thiophene rings is 1. The van der Waals surface area contributed by atoms with E-state index in [9.17, 15) is 0 Å². The van der Waals surface area contributed by atoms with Crippen molar-refractivity contribution in [3.8, 4) is 0 Å². The van der Waals surface area contributed by atoms with Crippen molar-refractivity contribution in [2.24, 2.45) is 0 Å². The Labute approximate surface area is 129 Å². The Morgan fingerprint density at radius 1 is 1.19 bits per heavy atom. The molecule has 0 bridgehead atoms. The van der Waals surface area contributed by atoms with Crippen molar-refractivity contribution in [3.63, 3.8) is 0 Å². The van der Waals surface area contributed by atoms with Gasteiger partial charge in [-0.2, -0.15) is 0 Å². The highest BCUT2D eigenvalue weighted by Gasteiger charge is 2.23. The highest BCUT2D eigenvalue weighted by atomic mass is 32.2. The number of rotatable bonds is 2. The van der Waals surface area contributed by atoms with Crippen LogP contribution < -0.4 is 5.84 Å². The van der Waals surface area contributed by atoms with Gasteiger partial charge in [0.05, 0.1) is 0 Å². The van der Waals surface area contributed by atoms with E-state index in [1.807, 2.05) is 13.8 Å². The standard InChI is InChI=1S/C13H14N6S2/c1-6-15-11-10(8-4-3-5-9(8)20-11)12(16-6)21-13-18-17-7(2)19(13)14/h3-5,14H2,1-2H3. The molecule has 0 fully saturated rings. The van der Waals surface area contributed by atoms with E-state index in [2.05, 4.69) is 20.2 Å². The molecule has 0 atom stereocenters. The van der Waals surface area contributed by atoms with Crippen LogP contribution in [0.3, 0.4) is 0 Å². The molecule has 21 heavy (non-hydrogen) atoms. The number of fused-ring (bicyclic) bond motifs is 3. The molecular weight excluding hydrogens is 304 g/mol. The molecule has 0 unspecified atom stereocenters. The SMILES string of the molecule is Cc1nc(Sc2nnc(C)n2N)c2c3c(sc2n1)CCC3. The van der Waals surface area contributed by atoms with Gasteiger partial charge in [0.15, 0.2) is 0 Å². The van der Waals surface area contributed by atoms with Gasteiger partial charge < -0.3 is 5.84 Å². The third-order valence-corrected chi connectivity index (χ3v) is 5.80. The van der Waals surface area contributed by atoms with Crippen LogP contribution in [0.2, 0.25) is 0 Å². The Bertz CT molecular complexity index is 850. The van der Waals surface area contributed by atoms with Crippen LogP contribution in [0.15, 0.2) is 10.2 Å². The number of hydrogen-bond acceptors (Lipinski definition) is 7. The Morgan fingerprint density at radius 2 is 2.05 bits per heavy atom. The number of aryl methyl sites for hydroxylation is 4. The largest absolute Gasteiger partial charge is 0.336 e. The van der Waals surface area contributed by atoms with Gasteiger partial charge in [0, 0.05) is 10.3 Å². The molecule has 6 nitrogen and oxygen atoms in total. The first-order valence-electron chi connectivity index (χ1n) is 6.77. The van der Waals surface area contributed by atoms with Gasteiger partial charge in [-0.3, -0.25) is 0 Å². The molecule has 3 heterocycles. The molecule has 0 saturated carbocycles. The minimum atomic E-state index is 0.657. The smallest absolute Gasteiger partial charge is 0.216 e. The van der Waals surface area contributed by atoms with E-state index in [-0.39, 0.29) is 0 Å². The summed E-state index contributed by atoms with van der Waals surface area (Å²) in [7, 11) is 0. The summed E-state index contributed by atoms with van der Waals surface area (Å²) in [4.78, 5) is 11.7. The van der Waals surface area contributed by atoms with E-state index in [0.29, 0.717) is 11.0 Å². The van der Waals surface area contributed by atoms with Gasteiger partial charge in [0.1, 0.15) is 21.5 Å². The lowest BCUT2D eigenvalue weighted by Crippen LogP contribution is -2.11. The maximum Gasteiger partial charge on any atom is 0.216 e. The molecule has 1 aliphatic carbocycles. The molecule has 8 heteroatoms. The first-order valence-corrected chi connectivity index (χ1v) is 8.40. The summed E-state index contributed by atoms with van der Waals surface area (Å²) < 4.78 is 1.50. The molecule has 4 rings (SSSR count). The van der Waals surface area contributed by atoms with E-state index in [1.54, 1.807) is 11.3 Å². The minimum Gasteiger partial charge on any atom is -0.336 e. The molecule has 2 N–H and O–H groups in total. The van der Waals surface area contributed by atoms with E-state index >= 15 is 0 Å². The van der Waals surface area contributed by atoms with Gasteiger partial charge in [-0.05, 0) is 50.4 Å². The molecule has 0 amide bonds. The Hall–Kier alpha value is -1.67. The molecule has 0 saturated heterocycles.